The highest BCUT2D eigenvalue weighted by Crippen LogP contribution is 2.29. The molecule has 3 aromatic rings. The Kier molecular flexibility index (Phi) is 9.06. The molecule has 0 unspecified atom stereocenters. The minimum absolute atomic E-state index is 0.0838. The van der Waals surface area contributed by atoms with Gasteiger partial charge < -0.3 is 24.8 Å². The SMILES string of the molecule is CCOc1cc(/C=C(/C#N)C(=O)Nc2ccc(OC)cc2)ccc1OCC(=O)Nc1ccccc1C. The van der Waals surface area contributed by atoms with Gasteiger partial charge in [0.2, 0.25) is 0 Å². The lowest BCUT2D eigenvalue weighted by Gasteiger charge is -2.13. The van der Waals surface area contributed by atoms with Gasteiger partial charge in [0.05, 0.1) is 13.7 Å². The van der Waals surface area contributed by atoms with Crippen molar-refractivity contribution in [2.24, 2.45) is 0 Å². The second-order valence-electron chi connectivity index (χ2n) is 7.64. The number of nitrogens with one attached hydrogen (secondary N) is 2. The first-order chi connectivity index (χ1) is 17.4. The summed E-state index contributed by atoms with van der Waals surface area (Å²) in [6, 6.07) is 21.1. The van der Waals surface area contributed by atoms with Gasteiger partial charge in [-0.05, 0) is 73.5 Å². The third-order valence-electron chi connectivity index (χ3n) is 5.07. The maximum Gasteiger partial charge on any atom is 0.266 e. The van der Waals surface area contributed by atoms with Crippen LogP contribution in [0.4, 0.5) is 11.4 Å². The molecule has 184 valence electrons. The Morgan fingerprint density at radius 2 is 1.72 bits per heavy atom. The van der Waals surface area contributed by atoms with E-state index in [9.17, 15) is 14.9 Å². The van der Waals surface area contributed by atoms with Crippen LogP contribution < -0.4 is 24.8 Å². The Morgan fingerprint density at radius 1 is 0.972 bits per heavy atom. The third-order valence-corrected chi connectivity index (χ3v) is 5.07. The molecule has 8 nitrogen and oxygen atoms in total. The van der Waals surface area contributed by atoms with E-state index in [1.165, 1.54) is 6.08 Å². The van der Waals surface area contributed by atoms with Crippen LogP contribution in [-0.4, -0.2) is 32.1 Å². The van der Waals surface area contributed by atoms with E-state index in [0.717, 1.165) is 5.56 Å². The van der Waals surface area contributed by atoms with Crippen LogP contribution >= 0.6 is 0 Å². The van der Waals surface area contributed by atoms with Crippen molar-refractivity contribution in [1.82, 2.24) is 0 Å². The van der Waals surface area contributed by atoms with E-state index in [1.54, 1.807) is 49.6 Å². The zero-order valence-corrected chi connectivity index (χ0v) is 20.3. The van der Waals surface area contributed by atoms with Crippen molar-refractivity contribution in [3.63, 3.8) is 0 Å². The number of aryl methyl sites for hydroxylation is 1. The second-order valence-corrected chi connectivity index (χ2v) is 7.64. The van der Waals surface area contributed by atoms with Crippen molar-refractivity contribution in [2.45, 2.75) is 13.8 Å². The molecule has 36 heavy (non-hydrogen) atoms. The fraction of sp³-hybridized carbons (Fsp3) is 0.179. The van der Waals surface area contributed by atoms with Crippen molar-refractivity contribution >= 4 is 29.3 Å². The molecule has 0 saturated carbocycles. The largest absolute Gasteiger partial charge is 0.497 e. The summed E-state index contributed by atoms with van der Waals surface area (Å²) in [6.45, 7) is 3.88. The molecule has 0 aliphatic carbocycles. The molecule has 0 bridgehead atoms. The first kappa shape index (κ1) is 25.8. The third kappa shape index (κ3) is 7.11. The summed E-state index contributed by atoms with van der Waals surface area (Å²) in [6.07, 6.45) is 1.45. The Balaban J connectivity index is 1.70. The summed E-state index contributed by atoms with van der Waals surface area (Å²) in [5, 5.41) is 15.0. The predicted octanol–water partition coefficient (Wildman–Crippen LogP) is 4.97. The number of rotatable bonds is 10. The number of nitrogens with zero attached hydrogens (tertiary/aromatic N) is 1. The Bertz CT molecular complexity index is 1290. The molecule has 0 aliphatic heterocycles. The number of amides is 2. The van der Waals surface area contributed by atoms with E-state index in [1.807, 2.05) is 44.2 Å². The number of nitriles is 1. The van der Waals surface area contributed by atoms with Gasteiger partial charge in [-0.25, -0.2) is 0 Å². The molecule has 2 N–H and O–H groups in total. The van der Waals surface area contributed by atoms with Crippen molar-refractivity contribution < 1.29 is 23.8 Å². The van der Waals surface area contributed by atoms with Gasteiger partial charge in [0.15, 0.2) is 18.1 Å². The highest BCUT2D eigenvalue weighted by molar-refractivity contribution is 6.09. The Hall–Kier alpha value is -4.77. The average molecular weight is 486 g/mol. The maximum atomic E-state index is 12.6. The number of carbonyl (C=O) groups excluding carboxylic acids is 2. The molecule has 0 aromatic heterocycles. The van der Waals surface area contributed by atoms with Gasteiger partial charge in [-0.15, -0.1) is 0 Å². The lowest BCUT2D eigenvalue weighted by atomic mass is 10.1. The van der Waals surface area contributed by atoms with Gasteiger partial charge >= 0.3 is 0 Å². The van der Waals surface area contributed by atoms with E-state index in [4.69, 9.17) is 14.2 Å². The van der Waals surface area contributed by atoms with E-state index < -0.39 is 5.91 Å². The first-order valence-electron chi connectivity index (χ1n) is 11.3. The van der Waals surface area contributed by atoms with Crippen LogP contribution in [0.25, 0.3) is 6.08 Å². The van der Waals surface area contributed by atoms with Gasteiger partial charge in [0.25, 0.3) is 11.8 Å². The summed E-state index contributed by atoms with van der Waals surface area (Å²) in [4.78, 5) is 24.9. The van der Waals surface area contributed by atoms with Crippen molar-refractivity contribution in [3.05, 3.63) is 83.4 Å². The summed E-state index contributed by atoms with van der Waals surface area (Å²) in [7, 11) is 1.55. The molecule has 0 radical (unpaired) electrons. The van der Waals surface area contributed by atoms with Crippen LogP contribution in [0.1, 0.15) is 18.1 Å². The van der Waals surface area contributed by atoms with Crippen LogP contribution in [0, 0.1) is 18.3 Å². The second kappa shape index (κ2) is 12.6. The zero-order valence-electron chi connectivity index (χ0n) is 20.3. The summed E-state index contributed by atoms with van der Waals surface area (Å²) >= 11 is 0. The number of anilines is 2. The summed E-state index contributed by atoms with van der Waals surface area (Å²) in [5.41, 5.74) is 2.68. The highest BCUT2D eigenvalue weighted by Gasteiger charge is 2.13. The molecule has 3 aromatic carbocycles. The van der Waals surface area contributed by atoms with E-state index in [2.05, 4.69) is 10.6 Å². The van der Waals surface area contributed by atoms with E-state index >= 15 is 0 Å². The molecule has 0 saturated heterocycles. The number of hydrogen-bond acceptors (Lipinski definition) is 6. The minimum Gasteiger partial charge on any atom is -0.497 e. The quantitative estimate of drug-likeness (QED) is 0.310. The molecule has 8 heteroatoms. The molecule has 0 atom stereocenters. The molecule has 0 fully saturated rings. The molecule has 0 heterocycles. The van der Waals surface area contributed by atoms with Crippen molar-refractivity contribution in [3.8, 4) is 23.3 Å². The van der Waals surface area contributed by atoms with Gasteiger partial charge in [-0.1, -0.05) is 24.3 Å². The smallest absolute Gasteiger partial charge is 0.266 e. The number of methoxy groups -OCH3 is 1. The Labute approximate surface area is 210 Å². The van der Waals surface area contributed by atoms with Gasteiger partial charge in [0.1, 0.15) is 17.4 Å². The Morgan fingerprint density at radius 3 is 2.39 bits per heavy atom. The minimum atomic E-state index is -0.547. The van der Waals surface area contributed by atoms with E-state index in [-0.39, 0.29) is 18.1 Å². The zero-order chi connectivity index (χ0) is 25.9. The van der Waals surface area contributed by atoms with E-state index in [0.29, 0.717) is 40.8 Å². The van der Waals surface area contributed by atoms with Crippen LogP contribution in [-0.2, 0) is 9.59 Å². The van der Waals surface area contributed by atoms with Crippen molar-refractivity contribution in [2.75, 3.05) is 31.0 Å². The standard InChI is InChI=1S/C28H27N3O5/c1-4-35-26-16-20(15-21(17-29)28(33)30-22-10-12-23(34-3)13-11-22)9-14-25(26)36-18-27(32)31-24-8-6-5-7-19(24)2/h5-16H,4,18H2,1-3H3,(H,30,33)(H,31,32)/b21-15-. The van der Waals surface area contributed by atoms with Gasteiger partial charge in [-0.3, -0.25) is 9.59 Å². The van der Waals surface area contributed by atoms with Gasteiger partial charge in [0, 0.05) is 11.4 Å². The summed E-state index contributed by atoms with van der Waals surface area (Å²) in [5.74, 6) is 0.562. The van der Waals surface area contributed by atoms with Gasteiger partial charge in [-0.2, -0.15) is 5.26 Å². The fourth-order valence-corrected chi connectivity index (χ4v) is 3.23. The topological polar surface area (TPSA) is 110 Å². The van der Waals surface area contributed by atoms with Crippen LogP contribution in [0.5, 0.6) is 17.2 Å². The molecule has 2 amide bonds. The maximum absolute atomic E-state index is 12.6. The molecular formula is C28H27N3O5. The summed E-state index contributed by atoms with van der Waals surface area (Å²) < 4.78 is 16.4. The number of hydrogen-bond donors (Lipinski definition) is 2. The molecular weight excluding hydrogens is 458 g/mol. The molecule has 0 spiro atoms. The lowest BCUT2D eigenvalue weighted by Crippen LogP contribution is -2.20. The number of para-hydroxylation sites is 1. The van der Waals surface area contributed by atoms with Crippen LogP contribution in [0.2, 0.25) is 0 Å². The highest BCUT2D eigenvalue weighted by atomic mass is 16.5. The first-order valence-corrected chi connectivity index (χ1v) is 11.3. The van der Waals surface area contributed by atoms with Crippen LogP contribution in [0.3, 0.4) is 0 Å². The monoisotopic (exact) mass is 485 g/mol. The number of ether oxygens (including phenoxy) is 3. The van der Waals surface area contributed by atoms with Crippen LogP contribution in [0.15, 0.2) is 72.3 Å². The van der Waals surface area contributed by atoms with Crippen molar-refractivity contribution in [1.29, 1.82) is 5.26 Å². The predicted molar refractivity (Wildman–Crippen MR) is 138 cm³/mol. The fourth-order valence-electron chi connectivity index (χ4n) is 3.23. The number of benzene rings is 3. The molecule has 0 aliphatic rings. The molecule has 3 rings (SSSR count). The average Bonchev–Trinajstić information content (AvgIpc) is 2.88. The normalized spacial score (nSPS) is 10.7. The number of carbonyl (C=O) groups is 2. The lowest BCUT2D eigenvalue weighted by molar-refractivity contribution is -0.118.